The van der Waals surface area contributed by atoms with E-state index in [1.807, 2.05) is 43.3 Å². The minimum Gasteiger partial charge on any atom is -0.489 e. The highest BCUT2D eigenvalue weighted by atomic mass is 16.5. The van der Waals surface area contributed by atoms with Gasteiger partial charge in [0.2, 0.25) is 0 Å². The van der Waals surface area contributed by atoms with Crippen molar-refractivity contribution in [1.82, 2.24) is 0 Å². The zero-order valence-corrected chi connectivity index (χ0v) is 13.7. The van der Waals surface area contributed by atoms with Crippen molar-refractivity contribution < 1.29 is 4.74 Å². The Morgan fingerprint density at radius 1 is 0.875 bits per heavy atom. The van der Waals surface area contributed by atoms with E-state index in [2.05, 4.69) is 42.5 Å². The van der Waals surface area contributed by atoms with Crippen molar-refractivity contribution in [3.63, 3.8) is 0 Å². The van der Waals surface area contributed by atoms with E-state index < -0.39 is 0 Å². The number of aryl methyl sites for hydroxylation is 1. The highest BCUT2D eigenvalue weighted by Crippen LogP contribution is 2.26. The first-order chi connectivity index (χ1) is 11.8. The lowest BCUT2D eigenvalue weighted by molar-refractivity contribution is 0.306. The van der Waals surface area contributed by atoms with Gasteiger partial charge < -0.3 is 4.74 Å². The fourth-order valence-corrected chi connectivity index (χ4v) is 2.67. The maximum absolute atomic E-state index is 8.85. The molecule has 0 saturated heterocycles. The molecule has 0 aliphatic carbocycles. The Balaban J connectivity index is 1.78. The van der Waals surface area contributed by atoms with E-state index in [4.69, 9.17) is 10.00 Å². The number of ether oxygens (including phenoxy) is 1. The summed E-state index contributed by atoms with van der Waals surface area (Å²) in [7, 11) is 0. The van der Waals surface area contributed by atoms with Crippen LogP contribution in [0.15, 0.2) is 72.8 Å². The van der Waals surface area contributed by atoms with Gasteiger partial charge in [-0.1, -0.05) is 60.7 Å². The zero-order chi connectivity index (χ0) is 16.8. The van der Waals surface area contributed by atoms with Crippen LogP contribution < -0.4 is 4.74 Å². The van der Waals surface area contributed by atoms with Gasteiger partial charge in [-0.3, -0.25) is 0 Å². The Kier molecular flexibility index (Phi) is 4.93. The number of hydrogen-bond acceptors (Lipinski definition) is 2. The fraction of sp³-hybridized carbons (Fsp3) is 0.136. The number of rotatable bonds is 5. The van der Waals surface area contributed by atoms with Gasteiger partial charge in [0.15, 0.2) is 0 Å². The molecular weight excluding hydrogens is 294 g/mol. The summed E-state index contributed by atoms with van der Waals surface area (Å²) in [6.07, 6.45) is 0.451. The average molecular weight is 313 g/mol. The molecular formula is C22H19NO. The summed E-state index contributed by atoms with van der Waals surface area (Å²) in [5.74, 6) is 0.857. The maximum Gasteiger partial charge on any atom is 0.120 e. The van der Waals surface area contributed by atoms with Crippen molar-refractivity contribution in [2.24, 2.45) is 0 Å². The van der Waals surface area contributed by atoms with Gasteiger partial charge in [-0.2, -0.15) is 5.26 Å². The second-order valence-electron chi connectivity index (χ2n) is 5.78. The molecule has 118 valence electrons. The second-order valence-corrected chi connectivity index (χ2v) is 5.78. The third kappa shape index (κ3) is 3.83. The molecule has 0 unspecified atom stereocenters. The van der Waals surface area contributed by atoms with E-state index in [0.717, 1.165) is 33.6 Å². The Labute approximate surface area is 143 Å². The molecule has 2 nitrogen and oxygen atoms in total. The lowest BCUT2D eigenvalue weighted by Gasteiger charge is -2.10. The maximum atomic E-state index is 8.85. The summed E-state index contributed by atoms with van der Waals surface area (Å²) in [5.41, 5.74) is 5.63. The number of nitrogens with zero attached hydrogens (tertiary/aromatic N) is 1. The minimum atomic E-state index is 0.451. The Bertz CT molecular complexity index is 863. The molecule has 0 saturated carbocycles. The molecule has 0 radical (unpaired) electrons. The number of hydrogen-bond donors (Lipinski definition) is 0. The van der Waals surface area contributed by atoms with Gasteiger partial charge in [0.25, 0.3) is 0 Å². The normalized spacial score (nSPS) is 10.2. The van der Waals surface area contributed by atoms with Crippen LogP contribution in [0.25, 0.3) is 11.1 Å². The summed E-state index contributed by atoms with van der Waals surface area (Å²) in [6, 6.07) is 26.7. The topological polar surface area (TPSA) is 33.0 Å². The monoisotopic (exact) mass is 313 g/mol. The quantitative estimate of drug-likeness (QED) is 0.639. The molecule has 0 aliphatic rings. The van der Waals surface area contributed by atoms with E-state index >= 15 is 0 Å². The van der Waals surface area contributed by atoms with Crippen LogP contribution in [0.2, 0.25) is 0 Å². The van der Waals surface area contributed by atoms with Crippen molar-refractivity contribution in [2.75, 3.05) is 0 Å². The highest BCUT2D eigenvalue weighted by molar-refractivity contribution is 5.66. The molecule has 0 heterocycles. The number of nitriles is 1. The van der Waals surface area contributed by atoms with Crippen molar-refractivity contribution in [3.8, 4) is 22.9 Å². The first-order valence-electron chi connectivity index (χ1n) is 8.00. The first kappa shape index (κ1) is 15.8. The molecule has 0 aromatic heterocycles. The number of benzene rings is 3. The van der Waals surface area contributed by atoms with E-state index in [1.165, 1.54) is 0 Å². The molecule has 0 atom stereocenters. The van der Waals surface area contributed by atoms with E-state index in [-0.39, 0.29) is 0 Å². The molecule has 0 amide bonds. The predicted octanol–water partition coefficient (Wildman–Crippen LogP) is 5.31. The van der Waals surface area contributed by atoms with Crippen LogP contribution in [0.4, 0.5) is 0 Å². The van der Waals surface area contributed by atoms with Crippen LogP contribution in [-0.4, -0.2) is 0 Å². The molecule has 3 rings (SSSR count). The lowest BCUT2D eigenvalue weighted by atomic mass is 9.98. The molecule has 0 bridgehead atoms. The van der Waals surface area contributed by atoms with Crippen molar-refractivity contribution >= 4 is 0 Å². The first-order valence-corrected chi connectivity index (χ1v) is 8.00. The van der Waals surface area contributed by atoms with Gasteiger partial charge in [-0.25, -0.2) is 0 Å². The van der Waals surface area contributed by atoms with Crippen molar-refractivity contribution in [1.29, 1.82) is 5.26 Å². The van der Waals surface area contributed by atoms with Gasteiger partial charge in [0, 0.05) is 0 Å². The Hall–Kier alpha value is -3.05. The molecule has 3 aromatic rings. The second kappa shape index (κ2) is 7.48. The summed E-state index contributed by atoms with van der Waals surface area (Å²) in [5, 5.41) is 8.85. The Morgan fingerprint density at radius 2 is 1.67 bits per heavy atom. The molecule has 2 heteroatoms. The van der Waals surface area contributed by atoms with Gasteiger partial charge in [-0.05, 0) is 46.9 Å². The molecule has 0 aliphatic heterocycles. The molecule has 0 fully saturated rings. The van der Waals surface area contributed by atoms with E-state index in [0.29, 0.717) is 13.0 Å². The highest BCUT2D eigenvalue weighted by Gasteiger charge is 2.04. The molecule has 24 heavy (non-hydrogen) atoms. The Morgan fingerprint density at radius 3 is 2.42 bits per heavy atom. The van der Waals surface area contributed by atoms with E-state index in [1.54, 1.807) is 0 Å². The molecule has 0 N–H and O–H groups in total. The lowest BCUT2D eigenvalue weighted by Crippen LogP contribution is -1.95. The van der Waals surface area contributed by atoms with Crippen LogP contribution in [-0.2, 0) is 13.0 Å². The predicted molar refractivity (Wildman–Crippen MR) is 96.7 cm³/mol. The smallest absolute Gasteiger partial charge is 0.120 e. The third-order valence-electron chi connectivity index (χ3n) is 4.03. The largest absolute Gasteiger partial charge is 0.489 e. The van der Waals surface area contributed by atoms with Gasteiger partial charge >= 0.3 is 0 Å². The fourth-order valence-electron chi connectivity index (χ4n) is 2.67. The summed E-state index contributed by atoms with van der Waals surface area (Å²) in [6.45, 7) is 2.61. The zero-order valence-electron chi connectivity index (χ0n) is 13.7. The van der Waals surface area contributed by atoms with Gasteiger partial charge in [-0.15, -0.1) is 0 Å². The van der Waals surface area contributed by atoms with E-state index in [9.17, 15) is 0 Å². The third-order valence-corrected chi connectivity index (χ3v) is 4.03. The van der Waals surface area contributed by atoms with Crippen molar-refractivity contribution in [2.45, 2.75) is 20.0 Å². The summed E-state index contributed by atoms with van der Waals surface area (Å²) < 4.78 is 5.90. The summed E-state index contributed by atoms with van der Waals surface area (Å²) >= 11 is 0. The van der Waals surface area contributed by atoms with Crippen molar-refractivity contribution in [3.05, 3.63) is 89.5 Å². The molecule has 0 spiro atoms. The average Bonchev–Trinajstić information content (AvgIpc) is 2.63. The van der Waals surface area contributed by atoms with Crippen LogP contribution >= 0.6 is 0 Å². The van der Waals surface area contributed by atoms with Gasteiger partial charge in [0.05, 0.1) is 12.5 Å². The summed E-state index contributed by atoms with van der Waals surface area (Å²) in [4.78, 5) is 0. The SMILES string of the molecule is Cc1cc(-c2cccc(OCc3ccccc3)c2)ccc1CC#N. The van der Waals surface area contributed by atoms with Crippen LogP contribution in [0.1, 0.15) is 16.7 Å². The van der Waals surface area contributed by atoms with Crippen LogP contribution in [0.3, 0.4) is 0 Å². The van der Waals surface area contributed by atoms with Gasteiger partial charge in [0.1, 0.15) is 12.4 Å². The standard InChI is InChI=1S/C22H19NO/c1-17-14-21(11-10-19(17)12-13-23)20-8-5-9-22(15-20)24-16-18-6-3-2-4-7-18/h2-11,14-15H,12,16H2,1H3. The van der Waals surface area contributed by atoms with Crippen LogP contribution in [0, 0.1) is 18.3 Å². The minimum absolute atomic E-state index is 0.451. The molecule has 3 aromatic carbocycles. The van der Waals surface area contributed by atoms with Crippen LogP contribution in [0.5, 0.6) is 5.75 Å².